The molecule has 1 atom stereocenters. The molecule has 0 radical (unpaired) electrons. The summed E-state index contributed by atoms with van der Waals surface area (Å²) in [5.74, 6) is 0.794. The van der Waals surface area contributed by atoms with E-state index in [0.29, 0.717) is 11.2 Å². The number of likely N-dealkylation sites (tertiary alicyclic amines) is 1. The second-order valence-electron chi connectivity index (χ2n) is 5.70. The standard InChI is InChI=1S/C15H17N5O2/c1-9-13(10(2)22-18-9)12-4-3-6-19(12)15(21)11-8-17-20-7-5-16-14(11)20/h5,7-8,12,17H,3-4,6H2,1-2H3/t12-/m1/s1. The van der Waals surface area contributed by atoms with E-state index in [4.69, 9.17) is 4.52 Å². The van der Waals surface area contributed by atoms with E-state index < -0.39 is 0 Å². The first-order chi connectivity index (χ1) is 10.7. The second-order valence-corrected chi connectivity index (χ2v) is 5.70. The number of rotatable bonds is 2. The van der Waals surface area contributed by atoms with Crippen LogP contribution in [0.25, 0.3) is 5.65 Å². The summed E-state index contributed by atoms with van der Waals surface area (Å²) < 4.78 is 7.02. The van der Waals surface area contributed by atoms with Crippen molar-refractivity contribution in [3.05, 3.63) is 41.2 Å². The Morgan fingerprint density at radius 1 is 1.45 bits per heavy atom. The number of nitrogens with zero attached hydrogens (tertiary/aromatic N) is 4. The third-order valence-electron chi connectivity index (χ3n) is 4.40. The van der Waals surface area contributed by atoms with Crippen LogP contribution in [0.2, 0.25) is 0 Å². The number of aromatic amines is 1. The van der Waals surface area contributed by atoms with Crippen LogP contribution in [-0.2, 0) is 0 Å². The summed E-state index contributed by atoms with van der Waals surface area (Å²) in [6.45, 7) is 4.57. The third kappa shape index (κ3) is 1.78. The maximum atomic E-state index is 12.9. The van der Waals surface area contributed by atoms with E-state index in [1.54, 1.807) is 23.1 Å². The zero-order valence-corrected chi connectivity index (χ0v) is 12.5. The van der Waals surface area contributed by atoms with Crippen LogP contribution in [0.3, 0.4) is 0 Å². The minimum absolute atomic E-state index is 0.0000463. The number of amides is 1. The molecule has 4 heterocycles. The SMILES string of the molecule is Cc1noc(C)c1[C@H]1CCCN1C(=O)c1c[nH]n2ccnc12. The number of nitrogens with one attached hydrogen (secondary N) is 1. The average Bonchev–Trinajstić information content (AvgIpc) is 3.22. The molecule has 0 unspecified atom stereocenters. The Balaban J connectivity index is 1.72. The first-order valence-corrected chi connectivity index (χ1v) is 7.41. The number of aromatic nitrogens is 4. The zero-order valence-electron chi connectivity index (χ0n) is 12.5. The highest BCUT2D eigenvalue weighted by atomic mass is 16.5. The molecule has 22 heavy (non-hydrogen) atoms. The monoisotopic (exact) mass is 299 g/mol. The minimum Gasteiger partial charge on any atom is -0.361 e. The molecule has 1 aliphatic rings. The van der Waals surface area contributed by atoms with Crippen LogP contribution in [0.4, 0.5) is 0 Å². The largest absolute Gasteiger partial charge is 0.361 e. The van der Waals surface area contributed by atoms with Gasteiger partial charge in [0, 0.05) is 30.7 Å². The molecule has 4 rings (SSSR count). The lowest BCUT2D eigenvalue weighted by atomic mass is 10.0. The Kier molecular flexibility index (Phi) is 2.82. The molecule has 1 aliphatic heterocycles. The Bertz CT molecular complexity index is 824. The fourth-order valence-corrected chi connectivity index (χ4v) is 3.39. The van der Waals surface area contributed by atoms with E-state index in [9.17, 15) is 4.79 Å². The fourth-order valence-electron chi connectivity index (χ4n) is 3.39. The Labute approximate surface area is 126 Å². The topological polar surface area (TPSA) is 79.4 Å². The number of imidazole rings is 1. The smallest absolute Gasteiger partial charge is 0.259 e. The van der Waals surface area contributed by atoms with Gasteiger partial charge in [-0.15, -0.1) is 0 Å². The molecule has 0 saturated carbocycles. The quantitative estimate of drug-likeness (QED) is 0.787. The number of H-pyrrole nitrogens is 1. The molecule has 1 N–H and O–H groups in total. The second kappa shape index (κ2) is 4.72. The third-order valence-corrected chi connectivity index (χ3v) is 4.40. The number of carbonyl (C=O) groups excluding carboxylic acids is 1. The minimum atomic E-state index is -0.0000463. The van der Waals surface area contributed by atoms with Gasteiger partial charge in [-0.3, -0.25) is 9.89 Å². The molecule has 0 spiro atoms. The van der Waals surface area contributed by atoms with Gasteiger partial charge in [-0.2, -0.15) is 0 Å². The Hall–Kier alpha value is -2.57. The van der Waals surface area contributed by atoms with Gasteiger partial charge in [0.05, 0.1) is 11.7 Å². The van der Waals surface area contributed by atoms with Gasteiger partial charge < -0.3 is 9.42 Å². The highest BCUT2D eigenvalue weighted by molar-refractivity contribution is 6.00. The molecule has 7 nitrogen and oxygen atoms in total. The summed E-state index contributed by atoms with van der Waals surface area (Å²) in [6, 6.07) is 0.0312. The molecule has 1 fully saturated rings. The molecule has 0 aliphatic carbocycles. The van der Waals surface area contributed by atoms with E-state index in [0.717, 1.165) is 36.4 Å². The Morgan fingerprint density at radius 2 is 2.32 bits per heavy atom. The summed E-state index contributed by atoms with van der Waals surface area (Å²) in [5.41, 5.74) is 3.17. The molecule has 0 aromatic carbocycles. The normalized spacial score (nSPS) is 18.5. The molecule has 3 aromatic heterocycles. The molecular weight excluding hydrogens is 282 g/mol. The van der Waals surface area contributed by atoms with Crippen molar-refractivity contribution in [1.82, 2.24) is 24.7 Å². The molecule has 3 aromatic rings. The lowest BCUT2D eigenvalue weighted by Crippen LogP contribution is -2.31. The van der Waals surface area contributed by atoms with Crippen LogP contribution >= 0.6 is 0 Å². The lowest BCUT2D eigenvalue weighted by molar-refractivity contribution is 0.0736. The number of carbonyl (C=O) groups is 1. The van der Waals surface area contributed by atoms with Gasteiger partial charge in [-0.05, 0) is 26.7 Å². The first kappa shape index (κ1) is 13.1. The zero-order chi connectivity index (χ0) is 15.3. The van der Waals surface area contributed by atoms with E-state index in [1.807, 2.05) is 18.7 Å². The summed E-state index contributed by atoms with van der Waals surface area (Å²) in [5, 5.41) is 7.04. The van der Waals surface area contributed by atoms with Gasteiger partial charge in [-0.1, -0.05) is 5.16 Å². The van der Waals surface area contributed by atoms with Crippen molar-refractivity contribution >= 4 is 11.6 Å². The van der Waals surface area contributed by atoms with E-state index in [1.165, 1.54) is 0 Å². The number of hydrogen-bond acceptors (Lipinski definition) is 4. The van der Waals surface area contributed by atoms with E-state index in [2.05, 4.69) is 15.2 Å². The number of fused-ring (bicyclic) bond motifs is 1. The average molecular weight is 299 g/mol. The van der Waals surface area contributed by atoms with E-state index >= 15 is 0 Å². The number of aryl methyl sites for hydroxylation is 2. The maximum absolute atomic E-state index is 12.9. The summed E-state index contributed by atoms with van der Waals surface area (Å²) in [7, 11) is 0. The van der Waals surface area contributed by atoms with Crippen molar-refractivity contribution < 1.29 is 9.32 Å². The van der Waals surface area contributed by atoms with Crippen molar-refractivity contribution in [3.63, 3.8) is 0 Å². The summed E-state index contributed by atoms with van der Waals surface area (Å²) in [6.07, 6.45) is 7.10. The van der Waals surface area contributed by atoms with Gasteiger partial charge in [0.2, 0.25) is 0 Å². The van der Waals surface area contributed by atoms with Gasteiger partial charge in [0.1, 0.15) is 11.3 Å². The van der Waals surface area contributed by atoms with Crippen LogP contribution in [-0.4, -0.2) is 37.1 Å². The maximum Gasteiger partial charge on any atom is 0.259 e. The van der Waals surface area contributed by atoms with Gasteiger partial charge in [0.25, 0.3) is 5.91 Å². The van der Waals surface area contributed by atoms with Crippen LogP contribution in [0, 0.1) is 13.8 Å². The molecule has 114 valence electrons. The van der Waals surface area contributed by atoms with Gasteiger partial charge >= 0.3 is 0 Å². The van der Waals surface area contributed by atoms with Crippen molar-refractivity contribution in [1.29, 1.82) is 0 Å². The fraction of sp³-hybridized carbons (Fsp3) is 0.400. The number of hydrogen-bond donors (Lipinski definition) is 1. The molecule has 0 bridgehead atoms. The Morgan fingerprint density at radius 3 is 3.09 bits per heavy atom. The molecule has 1 amide bonds. The molecule has 7 heteroatoms. The van der Waals surface area contributed by atoms with Crippen LogP contribution in [0.5, 0.6) is 0 Å². The lowest BCUT2D eigenvalue weighted by Gasteiger charge is -2.24. The van der Waals surface area contributed by atoms with E-state index in [-0.39, 0.29) is 11.9 Å². The van der Waals surface area contributed by atoms with Crippen molar-refractivity contribution in [2.45, 2.75) is 32.7 Å². The van der Waals surface area contributed by atoms with Crippen molar-refractivity contribution in [2.75, 3.05) is 6.54 Å². The van der Waals surface area contributed by atoms with Crippen LogP contribution in [0.1, 0.15) is 46.3 Å². The molecular formula is C15H17N5O2. The summed E-state index contributed by atoms with van der Waals surface area (Å²) >= 11 is 0. The summed E-state index contributed by atoms with van der Waals surface area (Å²) in [4.78, 5) is 19.1. The van der Waals surface area contributed by atoms with Crippen molar-refractivity contribution in [3.8, 4) is 0 Å². The first-order valence-electron chi connectivity index (χ1n) is 7.41. The van der Waals surface area contributed by atoms with Crippen molar-refractivity contribution in [2.24, 2.45) is 0 Å². The highest BCUT2D eigenvalue weighted by Gasteiger charge is 2.35. The van der Waals surface area contributed by atoms with Crippen LogP contribution < -0.4 is 0 Å². The van der Waals surface area contributed by atoms with Gasteiger partial charge in [-0.25, -0.2) is 9.50 Å². The highest BCUT2D eigenvalue weighted by Crippen LogP contribution is 2.36. The van der Waals surface area contributed by atoms with Gasteiger partial charge in [0.15, 0.2) is 5.65 Å². The van der Waals surface area contributed by atoms with Crippen LogP contribution in [0.15, 0.2) is 23.1 Å². The molecule has 1 saturated heterocycles. The predicted octanol–water partition coefficient (Wildman–Crippen LogP) is 2.24. The predicted molar refractivity (Wildman–Crippen MR) is 78.5 cm³/mol.